The number of nitrogens with zero attached hydrogens (tertiary/aromatic N) is 1. The SMILES string of the molecule is CC/C=C(\C)C(=O)Nc1cccc(-c2ccc(C(N)=O)c3[nH]c(C4=CCN(S(C)(=O)=O)CC4)cc23)c1C. The quantitative estimate of drug-likeness (QED) is 0.394. The minimum absolute atomic E-state index is 0.146. The molecule has 8 nitrogen and oxygen atoms in total. The van der Waals surface area contributed by atoms with Crippen LogP contribution in [0.15, 0.2) is 54.1 Å². The second kappa shape index (κ2) is 10.4. The molecule has 194 valence electrons. The van der Waals surface area contributed by atoms with Crippen LogP contribution in [0.1, 0.15) is 48.3 Å². The van der Waals surface area contributed by atoms with Crippen molar-refractivity contribution in [2.75, 3.05) is 24.7 Å². The van der Waals surface area contributed by atoms with E-state index in [1.807, 2.05) is 56.3 Å². The highest BCUT2D eigenvalue weighted by Gasteiger charge is 2.23. The molecule has 0 atom stereocenters. The van der Waals surface area contributed by atoms with Gasteiger partial charge in [0.25, 0.3) is 11.8 Å². The Morgan fingerprint density at radius 3 is 2.57 bits per heavy atom. The smallest absolute Gasteiger partial charge is 0.250 e. The Kier molecular flexibility index (Phi) is 7.38. The highest BCUT2D eigenvalue weighted by atomic mass is 32.2. The van der Waals surface area contributed by atoms with Crippen LogP contribution in [-0.4, -0.2) is 48.9 Å². The first-order valence-corrected chi connectivity index (χ1v) is 14.0. The summed E-state index contributed by atoms with van der Waals surface area (Å²) in [6, 6.07) is 11.3. The number of primary amides is 1. The first-order valence-electron chi connectivity index (χ1n) is 12.2. The molecule has 0 spiro atoms. The van der Waals surface area contributed by atoms with Gasteiger partial charge in [0, 0.05) is 35.4 Å². The second-order valence-corrected chi connectivity index (χ2v) is 11.3. The van der Waals surface area contributed by atoms with Crippen LogP contribution in [0, 0.1) is 6.92 Å². The number of aromatic nitrogens is 1. The van der Waals surface area contributed by atoms with E-state index >= 15 is 0 Å². The summed E-state index contributed by atoms with van der Waals surface area (Å²) in [7, 11) is -3.26. The number of anilines is 1. The van der Waals surface area contributed by atoms with E-state index < -0.39 is 15.9 Å². The van der Waals surface area contributed by atoms with Gasteiger partial charge in [-0.1, -0.05) is 37.3 Å². The van der Waals surface area contributed by atoms with Gasteiger partial charge in [0.05, 0.1) is 17.3 Å². The Morgan fingerprint density at radius 2 is 1.95 bits per heavy atom. The van der Waals surface area contributed by atoms with Crippen LogP contribution in [0.2, 0.25) is 0 Å². The fourth-order valence-corrected chi connectivity index (χ4v) is 5.48. The number of H-pyrrole nitrogens is 1. The monoisotopic (exact) mass is 520 g/mol. The molecule has 3 aromatic rings. The first kappa shape index (κ1) is 26.4. The lowest BCUT2D eigenvalue weighted by Crippen LogP contribution is -2.33. The van der Waals surface area contributed by atoms with Gasteiger partial charge in [-0.05, 0) is 67.2 Å². The lowest BCUT2D eigenvalue weighted by Gasteiger charge is -2.23. The predicted octanol–water partition coefficient (Wildman–Crippen LogP) is 4.59. The summed E-state index contributed by atoms with van der Waals surface area (Å²) in [5.41, 5.74) is 12.6. The Bertz CT molecular complexity index is 1560. The van der Waals surface area contributed by atoms with E-state index in [9.17, 15) is 18.0 Å². The molecule has 0 fully saturated rings. The Hall–Kier alpha value is -3.69. The van der Waals surface area contributed by atoms with Gasteiger partial charge in [-0.15, -0.1) is 0 Å². The number of hydrogen-bond acceptors (Lipinski definition) is 4. The molecule has 1 aromatic heterocycles. The molecular weight excluding hydrogens is 488 g/mol. The molecule has 0 aliphatic carbocycles. The lowest BCUT2D eigenvalue weighted by molar-refractivity contribution is -0.112. The largest absolute Gasteiger partial charge is 0.366 e. The van der Waals surface area contributed by atoms with Crippen LogP contribution in [0.25, 0.3) is 27.6 Å². The molecule has 2 amide bonds. The molecule has 0 radical (unpaired) electrons. The van der Waals surface area contributed by atoms with Gasteiger partial charge in [0.1, 0.15) is 0 Å². The number of aromatic amines is 1. The number of benzene rings is 2. The molecule has 37 heavy (non-hydrogen) atoms. The molecule has 0 bridgehead atoms. The molecule has 4 N–H and O–H groups in total. The van der Waals surface area contributed by atoms with Crippen molar-refractivity contribution >= 4 is 44.0 Å². The lowest BCUT2D eigenvalue weighted by atomic mass is 9.94. The maximum absolute atomic E-state index is 12.6. The third-order valence-corrected chi connectivity index (χ3v) is 8.06. The Balaban J connectivity index is 1.79. The van der Waals surface area contributed by atoms with E-state index in [0.717, 1.165) is 39.8 Å². The predicted molar refractivity (Wildman–Crippen MR) is 149 cm³/mol. The highest BCUT2D eigenvalue weighted by Crippen LogP contribution is 2.37. The van der Waals surface area contributed by atoms with Gasteiger partial charge in [-0.3, -0.25) is 9.59 Å². The van der Waals surface area contributed by atoms with E-state index in [-0.39, 0.29) is 5.91 Å². The van der Waals surface area contributed by atoms with Crippen molar-refractivity contribution in [1.82, 2.24) is 9.29 Å². The summed E-state index contributed by atoms with van der Waals surface area (Å²) in [6.07, 6.45) is 6.32. The van der Waals surface area contributed by atoms with E-state index in [1.165, 1.54) is 10.6 Å². The van der Waals surface area contributed by atoms with Crippen molar-refractivity contribution in [3.05, 3.63) is 70.9 Å². The normalized spacial score (nSPS) is 15.0. The number of fused-ring (bicyclic) bond motifs is 1. The standard InChI is InChI=1S/C28H32N4O4S/c1-5-7-17(2)28(34)31-24-9-6-8-20(18(24)3)21-10-11-22(27(29)33)26-23(21)16-25(30-26)19-12-14-32(15-13-19)37(4,35)36/h6-12,16,30H,5,13-15H2,1-4H3,(H2,29,33)(H,31,34)/b17-7+. The number of amides is 2. The van der Waals surface area contributed by atoms with Crippen molar-refractivity contribution in [3.63, 3.8) is 0 Å². The molecule has 1 aliphatic rings. The number of rotatable bonds is 7. The third-order valence-electron chi connectivity index (χ3n) is 6.79. The van der Waals surface area contributed by atoms with Crippen LogP contribution in [-0.2, 0) is 14.8 Å². The van der Waals surface area contributed by atoms with E-state index in [1.54, 1.807) is 13.0 Å². The fraction of sp³-hybridized carbons (Fsp3) is 0.286. The molecule has 2 heterocycles. The summed E-state index contributed by atoms with van der Waals surface area (Å²) >= 11 is 0. The molecule has 1 aliphatic heterocycles. The maximum Gasteiger partial charge on any atom is 0.250 e. The fourth-order valence-electron chi connectivity index (χ4n) is 4.71. The van der Waals surface area contributed by atoms with Crippen LogP contribution < -0.4 is 11.1 Å². The molecule has 2 aromatic carbocycles. The molecule has 9 heteroatoms. The number of allylic oxidation sites excluding steroid dienone is 1. The summed E-state index contributed by atoms with van der Waals surface area (Å²) in [5, 5.41) is 3.83. The van der Waals surface area contributed by atoms with Crippen molar-refractivity contribution in [1.29, 1.82) is 0 Å². The van der Waals surface area contributed by atoms with Crippen LogP contribution in [0.3, 0.4) is 0 Å². The van der Waals surface area contributed by atoms with Gasteiger partial charge in [0.15, 0.2) is 0 Å². The van der Waals surface area contributed by atoms with Crippen molar-refractivity contribution in [3.8, 4) is 11.1 Å². The van der Waals surface area contributed by atoms with Gasteiger partial charge in [-0.25, -0.2) is 8.42 Å². The summed E-state index contributed by atoms with van der Waals surface area (Å²) < 4.78 is 25.2. The topological polar surface area (TPSA) is 125 Å². The van der Waals surface area contributed by atoms with Crippen molar-refractivity contribution < 1.29 is 18.0 Å². The zero-order valence-corrected chi connectivity index (χ0v) is 22.3. The van der Waals surface area contributed by atoms with E-state index in [0.29, 0.717) is 41.9 Å². The number of carbonyl (C=O) groups excluding carboxylic acids is 2. The number of hydrogen-bond donors (Lipinski definition) is 3. The molecule has 4 rings (SSSR count). The van der Waals surface area contributed by atoms with Gasteiger partial charge < -0.3 is 16.0 Å². The summed E-state index contributed by atoms with van der Waals surface area (Å²) in [5.74, 6) is -0.686. The minimum Gasteiger partial charge on any atom is -0.366 e. The molecular formula is C28H32N4O4S. The van der Waals surface area contributed by atoms with Gasteiger partial charge in [-0.2, -0.15) is 4.31 Å². The second-order valence-electron chi connectivity index (χ2n) is 9.32. The van der Waals surface area contributed by atoms with Crippen LogP contribution >= 0.6 is 0 Å². The Labute approximate surface area is 217 Å². The number of nitrogens with two attached hydrogens (primary N) is 1. The van der Waals surface area contributed by atoms with Gasteiger partial charge >= 0.3 is 0 Å². The summed E-state index contributed by atoms with van der Waals surface area (Å²) in [6.45, 7) is 6.42. The molecule has 0 unspecified atom stereocenters. The average molecular weight is 521 g/mol. The molecule has 0 saturated heterocycles. The number of carbonyl (C=O) groups is 2. The average Bonchev–Trinajstić information content (AvgIpc) is 3.30. The van der Waals surface area contributed by atoms with Gasteiger partial charge in [0.2, 0.25) is 10.0 Å². The minimum atomic E-state index is -3.26. The number of sulfonamides is 1. The zero-order valence-electron chi connectivity index (χ0n) is 21.5. The molecule has 0 saturated carbocycles. The Morgan fingerprint density at radius 1 is 1.19 bits per heavy atom. The van der Waals surface area contributed by atoms with E-state index in [2.05, 4.69) is 10.3 Å². The summed E-state index contributed by atoms with van der Waals surface area (Å²) in [4.78, 5) is 28.2. The maximum atomic E-state index is 12.6. The van der Waals surface area contributed by atoms with E-state index in [4.69, 9.17) is 5.73 Å². The number of nitrogens with one attached hydrogen (secondary N) is 2. The third kappa shape index (κ3) is 5.38. The van der Waals surface area contributed by atoms with Crippen molar-refractivity contribution in [2.24, 2.45) is 5.73 Å². The first-order chi connectivity index (χ1) is 17.5. The zero-order chi connectivity index (χ0) is 26.9. The van der Waals surface area contributed by atoms with Crippen LogP contribution in [0.5, 0.6) is 0 Å². The highest BCUT2D eigenvalue weighted by molar-refractivity contribution is 7.88. The van der Waals surface area contributed by atoms with Crippen molar-refractivity contribution in [2.45, 2.75) is 33.6 Å². The van der Waals surface area contributed by atoms with Crippen LogP contribution in [0.4, 0.5) is 5.69 Å².